The van der Waals surface area contributed by atoms with Gasteiger partial charge in [0.25, 0.3) is 0 Å². The monoisotopic (exact) mass is 162 g/mol. The molecule has 0 atom stereocenters. The van der Waals surface area contributed by atoms with E-state index in [0.717, 1.165) is 0 Å². The maximum absolute atomic E-state index is 11.6. The predicted molar refractivity (Wildman–Crippen MR) is 23.6 cm³/mol. The Morgan fingerprint density at radius 2 is 1.78 bits per heavy atom. The van der Waals surface area contributed by atoms with Crippen LogP contribution in [0.2, 0.25) is 0 Å². The van der Waals surface area contributed by atoms with Crippen molar-refractivity contribution in [2.45, 2.75) is 5.25 Å². The van der Waals surface area contributed by atoms with Crippen LogP contribution in [-0.2, 0) is 10.1 Å². The third kappa shape index (κ3) is 1.84. The summed E-state index contributed by atoms with van der Waals surface area (Å²) in [4.78, 5) is 0. The molecule has 0 amide bonds. The molecule has 0 fully saturated rings. The van der Waals surface area contributed by atoms with E-state index in [1.54, 1.807) is 0 Å². The Bertz CT molecular complexity index is 183. The van der Waals surface area contributed by atoms with Crippen LogP contribution < -0.4 is 0 Å². The van der Waals surface area contributed by atoms with Gasteiger partial charge in [-0.1, -0.05) is 0 Å². The summed E-state index contributed by atoms with van der Waals surface area (Å²) < 4.78 is 49.8. The summed E-state index contributed by atoms with van der Waals surface area (Å²) in [5.74, 6) is 0. The summed E-state index contributed by atoms with van der Waals surface area (Å²) in [6.45, 7) is -1.91. The number of aliphatic hydroxyl groups excluding tert-OH is 1. The zero-order valence-electron chi connectivity index (χ0n) is 4.08. The van der Waals surface area contributed by atoms with Gasteiger partial charge >= 0.3 is 15.4 Å². The van der Waals surface area contributed by atoms with Gasteiger partial charge in [0.15, 0.2) is 0 Å². The molecular formula is C2H4F2O4S. The van der Waals surface area contributed by atoms with Crippen molar-refractivity contribution in [3.05, 3.63) is 0 Å². The first-order chi connectivity index (χ1) is 3.81. The topological polar surface area (TPSA) is 74.6 Å². The van der Waals surface area contributed by atoms with E-state index in [1.807, 2.05) is 0 Å². The van der Waals surface area contributed by atoms with Crippen molar-refractivity contribution in [1.29, 1.82) is 0 Å². The van der Waals surface area contributed by atoms with Crippen LogP contribution in [0, 0.1) is 0 Å². The van der Waals surface area contributed by atoms with Crippen molar-refractivity contribution in [3.8, 4) is 0 Å². The van der Waals surface area contributed by atoms with Crippen molar-refractivity contribution in [3.63, 3.8) is 0 Å². The number of rotatable bonds is 2. The van der Waals surface area contributed by atoms with Crippen LogP contribution in [0.25, 0.3) is 0 Å². The molecule has 0 bridgehead atoms. The molecule has 0 saturated heterocycles. The Kier molecular flexibility index (Phi) is 2.10. The van der Waals surface area contributed by atoms with Crippen molar-refractivity contribution >= 4 is 10.1 Å². The third-order valence-electron chi connectivity index (χ3n) is 0.561. The highest BCUT2D eigenvalue weighted by molar-refractivity contribution is 7.86. The molecule has 0 aromatic heterocycles. The largest absolute Gasteiger partial charge is 0.392 e. The van der Waals surface area contributed by atoms with Crippen molar-refractivity contribution < 1.29 is 26.9 Å². The molecule has 4 nitrogen and oxygen atoms in total. The Morgan fingerprint density at radius 3 is 1.78 bits per heavy atom. The van der Waals surface area contributed by atoms with Gasteiger partial charge in [-0.05, 0) is 0 Å². The van der Waals surface area contributed by atoms with Gasteiger partial charge in [-0.3, -0.25) is 4.55 Å². The molecule has 0 aromatic carbocycles. The molecule has 0 saturated carbocycles. The smallest absolute Gasteiger partial charge is 0.389 e. The highest BCUT2D eigenvalue weighted by Gasteiger charge is 2.43. The lowest BCUT2D eigenvalue weighted by Gasteiger charge is -2.06. The summed E-state index contributed by atoms with van der Waals surface area (Å²) >= 11 is 0. The molecule has 2 N–H and O–H groups in total. The molecule has 0 unspecified atom stereocenters. The molecule has 0 spiro atoms. The number of hydrogen-bond acceptors (Lipinski definition) is 3. The van der Waals surface area contributed by atoms with Gasteiger partial charge in [0, 0.05) is 0 Å². The van der Waals surface area contributed by atoms with E-state index < -0.39 is 22.0 Å². The van der Waals surface area contributed by atoms with Crippen LogP contribution in [0.15, 0.2) is 0 Å². The van der Waals surface area contributed by atoms with E-state index in [9.17, 15) is 17.2 Å². The Hall–Kier alpha value is -0.270. The van der Waals surface area contributed by atoms with Gasteiger partial charge in [-0.2, -0.15) is 17.2 Å². The first-order valence-electron chi connectivity index (χ1n) is 1.77. The fourth-order valence-corrected chi connectivity index (χ4v) is 0.245. The first-order valence-corrected chi connectivity index (χ1v) is 3.21. The maximum atomic E-state index is 11.6. The second-order valence-electron chi connectivity index (χ2n) is 1.27. The van der Waals surface area contributed by atoms with Crippen molar-refractivity contribution in [1.82, 2.24) is 0 Å². The van der Waals surface area contributed by atoms with E-state index in [1.165, 1.54) is 0 Å². The molecule has 0 aromatic rings. The van der Waals surface area contributed by atoms with Crippen LogP contribution in [0.1, 0.15) is 0 Å². The van der Waals surface area contributed by atoms with Crippen molar-refractivity contribution in [2.24, 2.45) is 0 Å². The number of alkyl halides is 2. The predicted octanol–water partition coefficient (Wildman–Crippen LogP) is -0.541. The van der Waals surface area contributed by atoms with E-state index in [2.05, 4.69) is 0 Å². The molecule has 56 valence electrons. The fourth-order valence-electron chi connectivity index (χ4n) is 0.0816. The molecule has 0 aliphatic carbocycles. The summed E-state index contributed by atoms with van der Waals surface area (Å²) in [6, 6.07) is 0. The van der Waals surface area contributed by atoms with Gasteiger partial charge < -0.3 is 5.11 Å². The van der Waals surface area contributed by atoms with Crippen LogP contribution in [0.5, 0.6) is 0 Å². The maximum Gasteiger partial charge on any atom is 0.392 e. The highest BCUT2D eigenvalue weighted by Crippen LogP contribution is 2.18. The fraction of sp³-hybridized carbons (Fsp3) is 1.00. The van der Waals surface area contributed by atoms with Gasteiger partial charge in [-0.15, -0.1) is 0 Å². The molecule has 0 heterocycles. The number of aliphatic hydroxyl groups is 1. The zero-order chi connectivity index (χ0) is 7.71. The Labute approximate surface area is 49.9 Å². The highest BCUT2D eigenvalue weighted by atomic mass is 32.2. The van der Waals surface area contributed by atoms with E-state index in [-0.39, 0.29) is 0 Å². The molecule has 0 rings (SSSR count). The minimum Gasteiger partial charge on any atom is -0.389 e. The van der Waals surface area contributed by atoms with Crippen LogP contribution in [0.4, 0.5) is 8.78 Å². The second kappa shape index (κ2) is 2.16. The molecule has 7 heteroatoms. The third-order valence-corrected chi connectivity index (χ3v) is 1.45. The lowest BCUT2D eigenvalue weighted by molar-refractivity contribution is 0.0187. The Morgan fingerprint density at radius 1 is 1.44 bits per heavy atom. The van der Waals surface area contributed by atoms with E-state index in [4.69, 9.17) is 9.66 Å². The SMILES string of the molecule is O=S(=O)(O)C(F)(F)CO. The number of hydrogen-bond donors (Lipinski definition) is 2. The lowest BCUT2D eigenvalue weighted by atomic mass is 10.8. The van der Waals surface area contributed by atoms with Crippen LogP contribution in [0.3, 0.4) is 0 Å². The summed E-state index contributed by atoms with van der Waals surface area (Å²) in [5, 5.41) is 3.20. The summed E-state index contributed by atoms with van der Waals surface area (Å²) in [7, 11) is -5.44. The minimum atomic E-state index is -5.44. The van der Waals surface area contributed by atoms with Gasteiger partial charge in [0.1, 0.15) is 6.61 Å². The van der Waals surface area contributed by atoms with E-state index >= 15 is 0 Å². The lowest BCUT2D eigenvalue weighted by Crippen LogP contribution is -2.31. The minimum absolute atomic E-state index is 1.91. The second-order valence-corrected chi connectivity index (χ2v) is 2.82. The molecule has 9 heavy (non-hydrogen) atoms. The Balaban J connectivity index is 4.56. The van der Waals surface area contributed by atoms with Gasteiger partial charge in [0.2, 0.25) is 0 Å². The van der Waals surface area contributed by atoms with Crippen LogP contribution in [-0.4, -0.2) is 29.9 Å². The molecule has 0 radical (unpaired) electrons. The van der Waals surface area contributed by atoms with Crippen LogP contribution >= 0.6 is 0 Å². The first kappa shape index (κ1) is 8.73. The van der Waals surface area contributed by atoms with Gasteiger partial charge in [0.05, 0.1) is 0 Å². The molecular weight excluding hydrogens is 158 g/mol. The molecule has 0 aliphatic rings. The standard InChI is InChI=1S/C2H4F2O4S/c3-2(4,1-5)9(6,7)8/h5H,1H2,(H,6,7,8). The normalized spacial score (nSPS) is 13.8. The number of halogens is 2. The average Bonchev–Trinajstić information content (AvgIpc) is 1.64. The summed E-state index contributed by atoms with van der Waals surface area (Å²) in [5.41, 5.74) is 0. The quantitative estimate of drug-likeness (QED) is 0.534. The summed E-state index contributed by atoms with van der Waals surface area (Å²) in [6.07, 6.45) is 0. The van der Waals surface area contributed by atoms with Crippen molar-refractivity contribution in [2.75, 3.05) is 6.61 Å². The van der Waals surface area contributed by atoms with Gasteiger partial charge in [-0.25, -0.2) is 0 Å². The molecule has 0 aliphatic heterocycles. The zero-order valence-corrected chi connectivity index (χ0v) is 4.90. The average molecular weight is 162 g/mol. The van der Waals surface area contributed by atoms with E-state index in [0.29, 0.717) is 0 Å².